The number of anilines is 1. The molecule has 0 unspecified atom stereocenters. The van der Waals surface area contributed by atoms with Crippen LogP contribution in [0.5, 0.6) is 0 Å². The molecule has 2 heterocycles. The van der Waals surface area contributed by atoms with Gasteiger partial charge >= 0.3 is 0 Å². The van der Waals surface area contributed by atoms with Gasteiger partial charge in [0.1, 0.15) is 5.82 Å². The monoisotopic (exact) mass is 248 g/mol. The summed E-state index contributed by atoms with van der Waals surface area (Å²) in [6.07, 6.45) is 5.09. The number of pyridine rings is 1. The van der Waals surface area contributed by atoms with Gasteiger partial charge in [-0.15, -0.1) is 0 Å². The van der Waals surface area contributed by atoms with E-state index in [1.54, 1.807) is 13.1 Å². The van der Waals surface area contributed by atoms with Crippen LogP contribution in [-0.4, -0.2) is 23.2 Å². The summed E-state index contributed by atoms with van der Waals surface area (Å²) in [4.78, 5) is 6.81. The molecule has 0 aliphatic carbocycles. The molecule has 0 amide bonds. The Morgan fingerprint density at radius 1 is 1.39 bits per heavy atom. The van der Waals surface area contributed by atoms with Crippen molar-refractivity contribution in [2.24, 2.45) is 5.41 Å². The van der Waals surface area contributed by atoms with Gasteiger partial charge in [0, 0.05) is 19.3 Å². The molecule has 3 nitrogen and oxygen atoms in total. The van der Waals surface area contributed by atoms with E-state index in [9.17, 15) is 5.11 Å². The number of aliphatic hydroxyl groups excluding tert-OH is 1. The minimum absolute atomic E-state index is 0.434. The van der Waals surface area contributed by atoms with Gasteiger partial charge in [0.05, 0.1) is 6.10 Å². The highest BCUT2D eigenvalue weighted by Crippen LogP contribution is 2.35. The number of aliphatic hydroxyl groups is 1. The zero-order valence-corrected chi connectivity index (χ0v) is 11.7. The van der Waals surface area contributed by atoms with E-state index in [2.05, 4.69) is 23.7 Å². The van der Waals surface area contributed by atoms with Crippen LogP contribution in [0.25, 0.3) is 0 Å². The summed E-state index contributed by atoms with van der Waals surface area (Å²) in [5.74, 6) is 1.04. The number of rotatable bonds is 3. The fourth-order valence-corrected chi connectivity index (χ4v) is 2.46. The van der Waals surface area contributed by atoms with Gasteiger partial charge in [-0.1, -0.05) is 26.3 Å². The van der Waals surface area contributed by atoms with E-state index in [1.807, 2.05) is 12.1 Å². The lowest BCUT2D eigenvalue weighted by atomic mass is 9.78. The van der Waals surface area contributed by atoms with Gasteiger partial charge in [0.15, 0.2) is 0 Å². The highest BCUT2D eigenvalue weighted by Gasteiger charge is 2.28. The molecule has 0 bridgehead atoms. The third-order valence-corrected chi connectivity index (χ3v) is 4.40. The van der Waals surface area contributed by atoms with Crippen LogP contribution in [0.1, 0.15) is 51.7 Å². The van der Waals surface area contributed by atoms with Crippen LogP contribution in [0.2, 0.25) is 0 Å². The van der Waals surface area contributed by atoms with Crippen LogP contribution in [-0.2, 0) is 0 Å². The van der Waals surface area contributed by atoms with Gasteiger partial charge in [-0.3, -0.25) is 0 Å². The smallest absolute Gasteiger partial charge is 0.128 e. The van der Waals surface area contributed by atoms with E-state index in [1.165, 1.54) is 19.3 Å². The third-order valence-electron chi connectivity index (χ3n) is 4.40. The minimum Gasteiger partial charge on any atom is -0.389 e. The first kappa shape index (κ1) is 13.3. The van der Waals surface area contributed by atoms with Crippen LogP contribution < -0.4 is 4.90 Å². The van der Waals surface area contributed by atoms with E-state index in [0.717, 1.165) is 24.5 Å². The Morgan fingerprint density at radius 2 is 2.06 bits per heavy atom. The topological polar surface area (TPSA) is 36.4 Å². The zero-order valence-electron chi connectivity index (χ0n) is 11.7. The Kier molecular flexibility index (Phi) is 3.91. The maximum absolute atomic E-state index is 9.47. The average Bonchev–Trinajstić information content (AvgIpc) is 2.40. The lowest BCUT2D eigenvalue weighted by molar-refractivity contribution is 0.199. The summed E-state index contributed by atoms with van der Waals surface area (Å²) in [6.45, 7) is 8.61. The normalized spacial score (nSPS) is 20.8. The molecular weight excluding hydrogens is 224 g/mol. The van der Waals surface area contributed by atoms with E-state index in [4.69, 9.17) is 0 Å². The zero-order chi connectivity index (χ0) is 13.2. The number of hydrogen-bond acceptors (Lipinski definition) is 3. The van der Waals surface area contributed by atoms with Crippen LogP contribution in [0, 0.1) is 5.41 Å². The Balaban J connectivity index is 2.01. The van der Waals surface area contributed by atoms with Gasteiger partial charge in [0.2, 0.25) is 0 Å². The summed E-state index contributed by atoms with van der Waals surface area (Å²) in [7, 11) is 0. The number of aromatic nitrogens is 1. The van der Waals surface area contributed by atoms with Gasteiger partial charge in [-0.25, -0.2) is 4.98 Å². The van der Waals surface area contributed by atoms with Crippen molar-refractivity contribution in [3.63, 3.8) is 0 Å². The molecule has 3 heteroatoms. The largest absolute Gasteiger partial charge is 0.389 e. The lowest BCUT2D eigenvalue weighted by Gasteiger charge is -2.39. The molecule has 2 rings (SSSR count). The van der Waals surface area contributed by atoms with Gasteiger partial charge < -0.3 is 10.0 Å². The average molecular weight is 248 g/mol. The Labute approximate surface area is 110 Å². The number of nitrogens with zero attached hydrogens (tertiary/aromatic N) is 2. The number of piperidine rings is 1. The molecule has 18 heavy (non-hydrogen) atoms. The van der Waals surface area contributed by atoms with Crippen molar-refractivity contribution in [3.05, 3.63) is 23.9 Å². The molecular formula is C15H24N2O. The first-order chi connectivity index (χ1) is 8.54. The molecule has 1 aromatic rings. The van der Waals surface area contributed by atoms with E-state index in [0.29, 0.717) is 5.41 Å². The van der Waals surface area contributed by atoms with Crippen molar-refractivity contribution in [2.75, 3.05) is 18.0 Å². The molecule has 1 N–H and O–H groups in total. The fraction of sp³-hybridized carbons (Fsp3) is 0.667. The van der Waals surface area contributed by atoms with Gasteiger partial charge in [0.25, 0.3) is 0 Å². The molecule has 1 aliphatic rings. The summed E-state index contributed by atoms with van der Waals surface area (Å²) in [5.41, 5.74) is 1.39. The lowest BCUT2D eigenvalue weighted by Crippen LogP contribution is -2.38. The molecule has 1 aliphatic heterocycles. The molecule has 1 fully saturated rings. The van der Waals surface area contributed by atoms with Gasteiger partial charge in [-0.2, -0.15) is 0 Å². The molecule has 1 saturated heterocycles. The van der Waals surface area contributed by atoms with Crippen molar-refractivity contribution in [1.82, 2.24) is 4.98 Å². The fourth-order valence-electron chi connectivity index (χ4n) is 2.46. The SMILES string of the molecule is CCC1(C)CCN(c2ccc([C@@H](C)O)cn2)CC1. The molecule has 0 radical (unpaired) electrons. The van der Waals surface area contributed by atoms with Gasteiger partial charge in [-0.05, 0) is 36.8 Å². The second-order valence-electron chi connectivity index (χ2n) is 5.78. The van der Waals surface area contributed by atoms with Crippen LogP contribution in [0.4, 0.5) is 5.82 Å². The quantitative estimate of drug-likeness (QED) is 0.892. The molecule has 1 aromatic heterocycles. The summed E-state index contributed by atoms with van der Waals surface area (Å²) < 4.78 is 0. The van der Waals surface area contributed by atoms with Crippen LogP contribution in [0.15, 0.2) is 18.3 Å². The second-order valence-corrected chi connectivity index (χ2v) is 5.78. The summed E-state index contributed by atoms with van der Waals surface area (Å²) >= 11 is 0. The first-order valence-corrected chi connectivity index (χ1v) is 6.93. The van der Waals surface area contributed by atoms with E-state index >= 15 is 0 Å². The van der Waals surface area contributed by atoms with E-state index in [-0.39, 0.29) is 0 Å². The maximum atomic E-state index is 9.47. The van der Waals surface area contributed by atoms with Crippen molar-refractivity contribution >= 4 is 5.82 Å². The second kappa shape index (κ2) is 5.27. The molecule has 0 aromatic carbocycles. The molecule has 0 saturated carbocycles. The maximum Gasteiger partial charge on any atom is 0.128 e. The molecule has 100 valence electrons. The van der Waals surface area contributed by atoms with Crippen molar-refractivity contribution < 1.29 is 5.11 Å². The standard InChI is InChI=1S/C15H24N2O/c1-4-15(3)7-9-17(10-8-15)14-6-5-13(11-16-14)12(2)18/h5-6,11-12,18H,4,7-10H2,1-3H3/t12-/m1/s1. The Morgan fingerprint density at radius 3 is 2.50 bits per heavy atom. The molecule has 1 atom stereocenters. The highest BCUT2D eigenvalue weighted by atomic mass is 16.3. The highest BCUT2D eigenvalue weighted by molar-refractivity contribution is 5.40. The number of hydrogen-bond donors (Lipinski definition) is 1. The van der Waals surface area contributed by atoms with Crippen molar-refractivity contribution in [1.29, 1.82) is 0 Å². The first-order valence-electron chi connectivity index (χ1n) is 6.93. The third kappa shape index (κ3) is 2.83. The van der Waals surface area contributed by atoms with E-state index < -0.39 is 6.10 Å². The molecule has 0 spiro atoms. The van der Waals surface area contributed by atoms with Crippen LogP contribution >= 0.6 is 0 Å². The minimum atomic E-state index is -0.434. The predicted molar refractivity (Wildman–Crippen MR) is 74.7 cm³/mol. The van der Waals surface area contributed by atoms with Crippen molar-refractivity contribution in [3.8, 4) is 0 Å². The predicted octanol–water partition coefficient (Wildman–Crippen LogP) is 3.15. The van der Waals surface area contributed by atoms with Crippen molar-refractivity contribution in [2.45, 2.75) is 46.1 Å². The Hall–Kier alpha value is -1.09. The summed E-state index contributed by atoms with van der Waals surface area (Å²) in [6, 6.07) is 4.00. The Bertz CT molecular complexity index is 378. The summed E-state index contributed by atoms with van der Waals surface area (Å²) in [5, 5.41) is 9.47. The van der Waals surface area contributed by atoms with Crippen LogP contribution in [0.3, 0.4) is 0 Å².